The number of hydrogen-bond donors (Lipinski definition) is 4. The predicted octanol–water partition coefficient (Wildman–Crippen LogP) is 0.727. The number of primary amides is 1. The summed E-state index contributed by atoms with van der Waals surface area (Å²) in [6, 6.07) is 3.95. The van der Waals surface area contributed by atoms with Gasteiger partial charge in [0.25, 0.3) is 0 Å². The summed E-state index contributed by atoms with van der Waals surface area (Å²) in [5, 5.41) is 26.2. The van der Waals surface area contributed by atoms with Crippen LogP contribution < -0.4 is 16.0 Å². The molecule has 2 saturated carbocycles. The van der Waals surface area contributed by atoms with Crippen molar-refractivity contribution in [3.63, 3.8) is 0 Å². The Kier molecular flexibility index (Phi) is 7.08. The summed E-state index contributed by atoms with van der Waals surface area (Å²) >= 11 is 0. The summed E-state index contributed by atoms with van der Waals surface area (Å²) in [6.45, 7) is 0. The number of furan rings is 1. The van der Waals surface area contributed by atoms with Crippen molar-refractivity contribution in [2.24, 2.45) is 29.4 Å². The fourth-order valence-corrected chi connectivity index (χ4v) is 7.23. The molecule has 3 aromatic rings. The summed E-state index contributed by atoms with van der Waals surface area (Å²) < 4.78 is 5.36. The monoisotopic (exact) mass is 616 g/mol. The number of aromatic nitrogens is 2. The number of aliphatic hydroxyl groups is 1. The second kappa shape index (κ2) is 10.6. The fraction of sp³-hybridized carbons (Fsp3) is 0.387. The first-order valence-corrected chi connectivity index (χ1v) is 14.3. The molecule has 0 spiro atoms. The number of nitrogens with one attached hydrogen (secondary N) is 1. The summed E-state index contributed by atoms with van der Waals surface area (Å²) in [5.74, 6) is -10.5. The van der Waals surface area contributed by atoms with Crippen molar-refractivity contribution in [1.82, 2.24) is 14.9 Å². The van der Waals surface area contributed by atoms with Crippen LogP contribution in [0.4, 0.5) is 17.3 Å². The van der Waals surface area contributed by atoms with E-state index < -0.39 is 70.1 Å². The van der Waals surface area contributed by atoms with Crippen LogP contribution in [0.1, 0.15) is 22.3 Å². The summed E-state index contributed by atoms with van der Waals surface area (Å²) in [4.78, 5) is 79.1. The zero-order valence-corrected chi connectivity index (χ0v) is 25.0. The number of amides is 1. The number of phenols is 1. The van der Waals surface area contributed by atoms with Crippen LogP contribution in [0, 0.1) is 23.7 Å². The van der Waals surface area contributed by atoms with Crippen LogP contribution in [0.3, 0.4) is 0 Å². The highest BCUT2D eigenvalue weighted by Crippen LogP contribution is 2.53. The maximum atomic E-state index is 14.2. The number of carbonyl (C=O) groups excluding carboxylic acids is 5. The maximum Gasteiger partial charge on any atom is 0.235 e. The molecule has 0 bridgehead atoms. The average molecular weight is 617 g/mol. The lowest BCUT2D eigenvalue weighted by Crippen LogP contribution is -2.74. The molecule has 14 heteroatoms. The molecule has 2 heterocycles. The zero-order chi connectivity index (χ0) is 32.5. The minimum absolute atomic E-state index is 0.0343. The number of phenolic OH excluding ortho intramolecular Hbond substituents is 1. The zero-order valence-electron chi connectivity index (χ0n) is 25.0. The molecule has 6 rings (SSSR count). The van der Waals surface area contributed by atoms with Gasteiger partial charge in [-0.1, -0.05) is 0 Å². The van der Waals surface area contributed by atoms with Gasteiger partial charge >= 0.3 is 0 Å². The smallest absolute Gasteiger partial charge is 0.235 e. The number of aromatic hydroxyl groups is 1. The van der Waals surface area contributed by atoms with Gasteiger partial charge in [-0.25, -0.2) is 9.97 Å². The third-order valence-electron chi connectivity index (χ3n) is 9.22. The first-order chi connectivity index (χ1) is 21.3. The molecule has 4 unspecified atom stereocenters. The van der Waals surface area contributed by atoms with Gasteiger partial charge in [-0.15, -0.1) is 0 Å². The largest absolute Gasteiger partial charge is 0.505 e. The van der Waals surface area contributed by atoms with Crippen molar-refractivity contribution < 1.29 is 38.6 Å². The van der Waals surface area contributed by atoms with E-state index in [-0.39, 0.29) is 30.0 Å². The van der Waals surface area contributed by atoms with Crippen LogP contribution in [0.15, 0.2) is 41.3 Å². The highest BCUT2D eigenvalue weighted by Gasteiger charge is 2.69. The van der Waals surface area contributed by atoms with E-state index in [4.69, 9.17) is 10.2 Å². The molecule has 3 aliphatic rings. The minimum atomic E-state index is -2.80. The SMILES string of the molecule is CN(C)c1cc(Nc2ncc(-c3ccco3)cn2)c(O)c2c1CC1CC3[C@H](N(C)C)C(=O)C(C(N)=O)C(=O)[C@@]3(O)C(=O)C1C2=O. The van der Waals surface area contributed by atoms with Crippen molar-refractivity contribution in [2.45, 2.75) is 24.5 Å². The maximum absolute atomic E-state index is 14.2. The fourth-order valence-electron chi connectivity index (χ4n) is 7.23. The predicted molar refractivity (Wildman–Crippen MR) is 159 cm³/mol. The van der Waals surface area contributed by atoms with Crippen molar-refractivity contribution in [3.8, 4) is 17.1 Å². The van der Waals surface area contributed by atoms with E-state index >= 15 is 0 Å². The number of nitrogens with two attached hydrogens (primary N) is 1. The van der Waals surface area contributed by atoms with Crippen molar-refractivity contribution in [2.75, 3.05) is 38.4 Å². The van der Waals surface area contributed by atoms with Gasteiger partial charge < -0.3 is 30.6 Å². The molecule has 234 valence electrons. The molecule has 1 amide bonds. The van der Waals surface area contributed by atoms with E-state index in [1.165, 1.54) is 23.6 Å². The van der Waals surface area contributed by atoms with Gasteiger partial charge in [0.15, 0.2) is 34.7 Å². The number of rotatable bonds is 6. The number of anilines is 3. The molecular weight excluding hydrogens is 584 g/mol. The number of Topliss-reactive ketones (excluding diaryl/α,β-unsaturated/α-hetero) is 4. The molecule has 45 heavy (non-hydrogen) atoms. The number of fused-ring (bicyclic) bond motifs is 3. The molecule has 0 saturated heterocycles. The molecule has 6 atom stereocenters. The van der Waals surface area contributed by atoms with Crippen LogP contribution in [-0.2, 0) is 25.6 Å². The Labute approximate surface area is 257 Å². The molecule has 2 aromatic heterocycles. The Hall–Kier alpha value is -4.95. The Morgan fingerprint density at radius 2 is 1.80 bits per heavy atom. The van der Waals surface area contributed by atoms with Crippen molar-refractivity contribution in [3.05, 3.63) is 48.0 Å². The second-order valence-corrected chi connectivity index (χ2v) is 12.2. The molecule has 5 N–H and O–H groups in total. The number of ketones is 4. The number of hydrogen-bond acceptors (Lipinski definition) is 13. The van der Waals surface area contributed by atoms with Crippen molar-refractivity contribution in [1.29, 1.82) is 0 Å². The van der Waals surface area contributed by atoms with E-state index in [2.05, 4.69) is 15.3 Å². The van der Waals surface area contributed by atoms with Gasteiger partial charge in [-0.2, -0.15) is 0 Å². The number of nitrogens with zero attached hydrogens (tertiary/aromatic N) is 4. The number of benzene rings is 1. The molecule has 0 aliphatic heterocycles. The van der Waals surface area contributed by atoms with Crippen LogP contribution in [0.5, 0.6) is 5.75 Å². The minimum Gasteiger partial charge on any atom is -0.505 e. The van der Waals surface area contributed by atoms with Gasteiger partial charge in [0.1, 0.15) is 11.5 Å². The quantitative estimate of drug-likeness (QED) is 0.223. The number of likely N-dealkylation sites (N-methyl/N-ethyl adjacent to an activating group) is 1. The summed E-state index contributed by atoms with van der Waals surface area (Å²) in [6.07, 6.45) is 4.68. The van der Waals surface area contributed by atoms with E-state index in [1.807, 2.05) is 0 Å². The first-order valence-electron chi connectivity index (χ1n) is 14.3. The molecule has 0 radical (unpaired) electrons. The van der Waals surface area contributed by atoms with E-state index in [9.17, 15) is 34.2 Å². The Morgan fingerprint density at radius 3 is 2.38 bits per heavy atom. The molecule has 1 aromatic carbocycles. The summed E-state index contributed by atoms with van der Waals surface area (Å²) in [5.41, 5.74) is 4.23. The van der Waals surface area contributed by atoms with Crippen LogP contribution in [0.25, 0.3) is 11.3 Å². The molecule has 14 nitrogen and oxygen atoms in total. The van der Waals surface area contributed by atoms with Crippen LogP contribution >= 0.6 is 0 Å². The lowest BCUT2D eigenvalue weighted by Gasteiger charge is -2.52. The topological polar surface area (TPSA) is 209 Å². The Balaban J connectivity index is 1.42. The van der Waals surface area contributed by atoms with Crippen LogP contribution in [-0.4, -0.2) is 94.0 Å². The third kappa shape index (κ3) is 4.43. The van der Waals surface area contributed by atoms with Gasteiger partial charge in [-0.05, 0) is 56.6 Å². The third-order valence-corrected chi connectivity index (χ3v) is 9.22. The average Bonchev–Trinajstić information content (AvgIpc) is 3.51. The number of carbonyl (C=O) groups is 5. The summed E-state index contributed by atoms with van der Waals surface area (Å²) in [7, 11) is 6.60. The van der Waals surface area contributed by atoms with Gasteiger partial charge in [-0.3, -0.25) is 28.9 Å². The molecule has 2 fully saturated rings. The second-order valence-electron chi connectivity index (χ2n) is 12.2. The molecule has 3 aliphatic carbocycles. The first kappa shape index (κ1) is 30.1. The van der Waals surface area contributed by atoms with E-state index in [0.29, 0.717) is 22.6 Å². The van der Waals surface area contributed by atoms with Gasteiger partial charge in [0.05, 0.1) is 35.0 Å². The standard InChI is InChI=1S/C31H32N6O8/c1-36(2)18-10-17(35-30-33-11-14(12-34-30)19-6-5-7-45-19)24(38)21-15(18)8-13-9-16-23(37(3)4)26(40)22(29(32)43)28(42)31(16,44)27(41)20(13)25(21)39/h5-7,10-13,16,20,22-23,38,44H,8-9H2,1-4H3,(H2,32,43)(H,33,34,35)/t13?,16?,20?,22?,23-,31-/m0/s1. The van der Waals surface area contributed by atoms with Gasteiger partial charge in [0, 0.05) is 38.1 Å². The van der Waals surface area contributed by atoms with Crippen molar-refractivity contribution >= 4 is 46.4 Å². The lowest BCUT2D eigenvalue weighted by molar-refractivity contribution is -0.181. The lowest BCUT2D eigenvalue weighted by atomic mass is 9.52. The highest BCUT2D eigenvalue weighted by molar-refractivity contribution is 6.32. The Morgan fingerprint density at radius 1 is 1.11 bits per heavy atom. The van der Waals surface area contributed by atoms with E-state index in [0.717, 1.165) is 0 Å². The van der Waals surface area contributed by atoms with Gasteiger partial charge in [0.2, 0.25) is 11.9 Å². The van der Waals surface area contributed by atoms with Crippen LogP contribution in [0.2, 0.25) is 0 Å². The van der Waals surface area contributed by atoms with E-state index in [1.54, 1.807) is 51.3 Å². The Bertz CT molecular complexity index is 1750. The molecular formula is C31H32N6O8. The normalized spacial score (nSPS) is 27.6. The highest BCUT2D eigenvalue weighted by atomic mass is 16.3.